The van der Waals surface area contributed by atoms with Crippen molar-refractivity contribution in [3.8, 4) is 0 Å². The van der Waals surface area contributed by atoms with Gasteiger partial charge in [-0.05, 0) is 38.7 Å². The van der Waals surface area contributed by atoms with Gasteiger partial charge in [0.15, 0.2) is 5.69 Å². The molecule has 10 heteroatoms. The summed E-state index contributed by atoms with van der Waals surface area (Å²) in [6.45, 7) is 5.36. The zero-order chi connectivity index (χ0) is 19.8. The average molecular weight is 384 g/mol. The molecule has 4 rings (SSSR count). The molecule has 3 aromatic rings. The van der Waals surface area contributed by atoms with E-state index >= 15 is 0 Å². The van der Waals surface area contributed by atoms with Gasteiger partial charge in [0.05, 0.1) is 22.8 Å². The second-order valence-electron chi connectivity index (χ2n) is 7.15. The molecule has 1 fully saturated rings. The lowest BCUT2D eigenvalue weighted by Crippen LogP contribution is -2.41. The van der Waals surface area contributed by atoms with Crippen LogP contribution in [0, 0.1) is 19.8 Å². The van der Waals surface area contributed by atoms with Gasteiger partial charge in [-0.1, -0.05) is 10.4 Å². The maximum atomic E-state index is 13.2. The molecule has 0 radical (unpaired) electrons. The van der Waals surface area contributed by atoms with E-state index in [-0.39, 0.29) is 17.5 Å². The van der Waals surface area contributed by atoms with E-state index in [0.29, 0.717) is 47.7 Å². The number of carbonyl (C=O) groups is 2. The number of likely N-dealkylation sites (tertiary alicyclic amines) is 1. The van der Waals surface area contributed by atoms with Gasteiger partial charge in [0.2, 0.25) is 0 Å². The van der Waals surface area contributed by atoms with Crippen LogP contribution in [0.15, 0.2) is 16.8 Å². The molecule has 1 saturated heterocycles. The third kappa shape index (κ3) is 3.32. The van der Waals surface area contributed by atoms with Crippen molar-refractivity contribution in [2.75, 3.05) is 13.1 Å². The van der Waals surface area contributed by atoms with Gasteiger partial charge < -0.3 is 14.5 Å². The van der Waals surface area contributed by atoms with Crippen molar-refractivity contribution in [2.45, 2.75) is 33.2 Å². The first-order chi connectivity index (χ1) is 13.4. The minimum atomic E-state index is -1.10. The Balaban J connectivity index is 1.54. The fourth-order valence-corrected chi connectivity index (χ4v) is 3.71. The van der Waals surface area contributed by atoms with E-state index < -0.39 is 5.97 Å². The van der Waals surface area contributed by atoms with Crippen LogP contribution in [0.4, 0.5) is 0 Å². The molecule has 0 aliphatic carbocycles. The number of carbonyl (C=O) groups excluding carboxylic acids is 1. The van der Waals surface area contributed by atoms with Crippen molar-refractivity contribution in [3.63, 3.8) is 0 Å². The fourth-order valence-electron chi connectivity index (χ4n) is 3.71. The van der Waals surface area contributed by atoms with E-state index in [2.05, 4.69) is 20.5 Å². The van der Waals surface area contributed by atoms with Crippen LogP contribution in [-0.2, 0) is 6.54 Å². The summed E-state index contributed by atoms with van der Waals surface area (Å²) in [5, 5.41) is 21.1. The van der Waals surface area contributed by atoms with E-state index in [9.17, 15) is 9.59 Å². The number of carboxylic acids is 1. The van der Waals surface area contributed by atoms with Gasteiger partial charge in [-0.2, -0.15) is 0 Å². The summed E-state index contributed by atoms with van der Waals surface area (Å²) in [6, 6.07) is 1.77. The second kappa shape index (κ2) is 7.02. The number of piperidine rings is 1. The molecule has 0 bridgehead atoms. The summed E-state index contributed by atoms with van der Waals surface area (Å²) >= 11 is 0. The predicted molar refractivity (Wildman–Crippen MR) is 96.9 cm³/mol. The maximum absolute atomic E-state index is 13.2. The Morgan fingerprint density at radius 1 is 1.36 bits per heavy atom. The number of carboxylic acid groups (broad SMARTS) is 1. The standard InChI is InChI=1S/C18H20N6O4/c1-10-6-13(15-11(2)21-28-16(15)19-10)17(25)23-5-3-4-12(7-23)8-24-9-14(18(26)27)20-22-24/h6,9,12H,3-5,7-8H2,1-2H3,(H,26,27)/t12-/m0/s1. The van der Waals surface area contributed by atoms with Crippen LogP contribution in [-0.4, -0.2) is 60.1 Å². The van der Waals surface area contributed by atoms with E-state index in [1.54, 1.807) is 13.0 Å². The van der Waals surface area contributed by atoms with Crippen molar-refractivity contribution < 1.29 is 19.2 Å². The van der Waals surface area contributed by atoms with Gasteiger partial charge in [-0.15, -0.1) is 5.10 Å². The quantitative estimate of drug-likeness (QED) is 0.720. The monoisotopic (exact) mass is 384 g/mol. The zero-order valence-corrected chi connectivity index (χ0v) is 15.6. The highest BCUT2D eigenvalue weighted by Crippen LogP contribution is 2.26. The first kappa shape index (κ1) is 18.1. The number of hydrogen-bond acceptors (Lipinski definition) is 7. The summed E-state index contributed by atoms with van der Waals surface area (Å²) in [5.41, 5.74) is 2.18. The number of nitrogens with zero attached hydrogens (tertiary/aromatic N) is 6. The largest absolute Gasteiger partial charge is 0.476 e. The number of pyridine rings is 1. The third-order valence-electron chi connectivity index (χ3n) is 4.98. The van der Waals surface area contributed by atoms with E-state index in [4.69, 9.17) is 9.63 Å². The first-order valence-electron chi connectivity index (χ1n) is 9.08. The van der Waals surface area contributed by atoms with Gasteiger partial charge in [0, 0.05) is 25.3 Å². The summed E-state index contributed by atoms with van der Waals surface area (Å²) in [6.07, 6.45) is 3.22. The maximum Gasteiger partial charge on any atom is 0.358 e. The van der Waals surface area contributed by atoms with Crippen LogP contribution in [0.5, 0.6) is 0 Å². The van der Waals surface area contributed by atoms with Crippen molar-refractivity contribution in [2.24, 2.45) is 5.92 Å². The van der Waals surface area contributed by atoms with Crippen LogP contribution in [0.3, 0.4) is 0 Å². The number of hydrogen-bond donors (Lipinski definition) is 1. The first-order valence-corrected chi connectivity index (χ1v) is 9.08. The van der Waals surface area contributed by atoms with Gasteiger partial charge in [0.25, 0.3) is 11.6 Å². The Kier molecular flexibility index (Phi) is 4.54. The number of rotatable bonds is 4. The van der Waals surface area contributed by atoms with Crippen molar-refractivity contribution in [3.05, 3.63) is 34.9 Å². The number of aryl methyl sites for hydroxylation is 2. The molecule has 0 saturated carbocycles. The highest BCUT2D eigenvalue weighted by molar-refractivity contribution is 6.06. The molecule has 1 amide bonds. The van der Waals surface area contributed by atoms with Crippen molar-refractivity contribution >= 4 is 23.0 Å². The summed E-state index contributed by atoms with van der Waals surface area (Å²) < 4.78 is 6.76. The lowest BCUT2D eigenvalue weighted by Gasteiger charge is -2.32. The molecule has 0 unspecified atom stereocenters. The van der Waals surface area contributed by atoms with Gasteiger partial charge in [-0.3, -0.25) is 9.48 Å². The molecule has 28 heavy (non-hydrogen) atoms. The summed E-state index contributed by atoms with van der Waals surface area (Å²) in [7, 11) is 0. The molecule has 1 N–H and O–H groups in total. The van der Waals surface area contributed by atoms with E-state index in [1.165, 1.54) is 10.9 Å². The Morgan fingerprint density at radius 3 is 2.93 bits per heavy atom. The minimum Gasteiger partial charge on any atom is -0.476 e. The lowest BCUT2D eigenvalue weighted by molar-refractivity contribution is 0.0660. The van der Waals surface area contributed by atoms with Gasteiger partial charge in [0.1, 0.15) is 0 Å². The van der Waals surface area contributed by atoms with Crippen LogP contribution in [0.1, 0.15) is 45.1 Å². The summed E-state index contributed by atoms with van der Waals surface area (Å²) in [4.78, 5) is 30.3. The Morgan fingerprint density at radius 2 is 2.18 bits per heavy atom. The lowest BCUT2D eigenvalue weighted by atomic mass is 9.97. The number of amides is 1. The molecule has 146 valence electrons. The van der Waals surface area contributed by atoms with Gasteiger partial charge >= 0.3 is 5.97 Å². The minimum absolute atomic E-state index is 0.0729. The van der Waals surface area contributed by atoms with Crippen molar-refractivity contribution in [1.82, 2.24) is 30.0 Å². The number of aromatic carboxylic acids is 1. The van der Waals surface area contributed by atoms with E-state index in [0.717, 1.165) is 12.8 Å². The SMILES string of the molecule is Cc1cc(C(=O)N2CCC[C@H](Cn3cc(C(=O)O)nn3)C2)c2c(C)noc2n1. The molecule has 0 spiro atoms. The Hall–Kier alpha value is -3.30. The number of fused-ring (bicyclic) bond motifs is 1. The average Bonchev–Trinajstić information content (AvgIpc) is 3.28. The van der Waals surface area contributed by atoms with Crippen molar-refractivity contribution in [1.29, 1.82) is 0 Å². The van der Waals surface area contributed by atoms with Gasteiger partial charge in [-0.25, -0.2) is 9.78 Å². The Labute approximate surface area is 160 Å². The van der Waals surface area contributed by atoms with Crippen LogP contribution in [0.25, 0.3) is 11.1 Å². The predicted octanol–water partition coefficient (Wildman–Crippen LogP) is 1.68. The summed E-state index contributed by atoms with van der Waals surface area (Å²) in [5.74, 6) is -1.01. The smallest absolute Gasteiger partial charge is 0.358 e. The molecular formula is C18H20N6O4. The molecule has 4 heterocycles. The molecule has 1 atom stereocenters. The zero-order valence-electron chi connectivity index (χ0n) is 15.6. The second-order valence-corrected chi connectivity index (χ2v) is 7.15. The van der Waals surface area contributed by atoms with Crippen LogP contribution < -0.4 is 0 Å². The highest BCUT2D eigenvalue weighted by atomic mass is 16.5. The molecule has 1 aliphatic heterocycles. The molecule has 10 nitrogen and oxygen atoms in total. The fraction of sp³-hybridized carbons (Fsp3) is 0.444. The third-order valence-corrected chi connectivity index (χ3v) is 4.98. The topological polar surface area (TPSA) is 127 Å². The molecule has 3 aromatic heterocycles. The molecule has 1 aliphatic rings. The normalized spacial score (nSPS) is 17.2. The van der Waals surface area contributed by atoms with Crippen LogP contribution >= 0.6 is 0 Å². The molecule has 0 aromatic carbocycles. The molecular weight excluding hydrogens is 364 g/mol. The van der Waals surface area contributed by atoms with Crippen LogP contribution in [0.2, 0.25) is 0 Å². The van der Waals surface area contributed by atoms with E-state index in [1.807, 2.05) is 11.8 Å². The number of aromatic nitrogens is 5. The Bertz CT molecular complexity index is 1060. The highest BCUT2D eigenvalue weighted by Gasteiger charge is 2.28.